The quantitative estimate of drug-likeness (QED) is 0.425. The third kappa shape index (κ3) is 6.38. The lowest BCUT2D eigenvalue weighted by atomic mass is 9.74. The summed E-state index contributed by atoms with van der Waals surface area (Å²) < 4.78 is 68.0. The third-order valence-corrected chi connectivity index (χ3v) is 10.8. The molecular weight excluding hydrogens is 561 g/mol. The second kappa shape index (κ2) is 10.7. The molecule has 0 radical (unpaired) electrons. The van der Waals surface area contributed by atoms with Crippen LogP contribution >= 0.6 is 11.3 Å². The van der Waals surface area contributed by atoms with Crippen molar-refractivity contribution in [3.63, 3.8) is 0 Å². The molecule has 1 atom stereocenters. The molecule has 0 saturated heterocycles. The van der Waals surface area contributed by atoms with E-state index in [1.165, 1.54) is 30.4 Å². The summed E-state index contributed by atoms with van der Waals surface area (Å²) in [4.78, 5) is 16.1. The SMILES string of the molecule is CC1Cc2sc(NC(=O)Cc3ccc(S(=O)(=O)NCC4CC(C)(F)C4)cc3)c(C#N)c2CN1CC1CC(F)(F)C1. The van der Waals surface area contributed by atoms with Crippen LogP contribution in [0.2, 0.25) is 0 Å². The van der Waals surface area contributed by atoms with E-state index in [0.29, 0.717) is 48.5 Å². The van der Waals surface area contributed by atoms with E-state index in [4.69, 9.17) is 0 Å². The van der Waals surface area contributed by atoms with Crippen LogP contribution in [0.1, 0.15) is 61.1 Å². The van der Waals surface area contributed by atoms with E-state index >= 15 is 0 Å². The second-order valence-electron chi connectivity index (χ2n) is 11.8. The molecule has 216 valence electrons. The summed E-state index contributed by atoms with van der Waals surface area (Å²) in [5, 5.41) is 13.2. The molecule has 1 amide bonds. The Morgan fingerprint density at radius 3 is 2.42 bits per heavy atom. The molecule has 2 heterocycles. The van der Waals surface area contributed by atoms with Gasteiger partial charge in [-0.2, -0.15) is 5.26 Å². The van der Waals surface area contributed by atoms with Crippen molar-refractivity contribution in [1.29, 1.82) is 5.26 Å². The minimum Gasteiger partial charge on any atom is -0.316 e. The van der Waals surface area contributed by atoms with E-state index in [1.54, 1.807) is 12.1 Å². The fourth-order valence-corrected chi connectivity index (χ4v) is 8.45. The lowest BCUT2D eigenvalue weighted by molar-refractivity contribution is -0.119. The van der Waals surface area contributed by atoms with Crippen LogP contribution in [0.3, 0.4) is 0 Å². The Morgan fingerprint density at radius 1 is 1.15 bits per heavy atom. The summed E-state index contributed by atoms with van der Waals surface area (Å²) in [6, 6.07) is 8.38. The first-order chi connectivity index (χ1) is 18.7. The second-order valence-corrected chi connectivity index (χ2v) is 14.7. The van der Waals surface area contributed by atoms with Gasteiger partial charge in [0.1, 0.15) is 16.7 Å². The van der Waals surface area contributed by atoms with Crippen molar-refractivity contribution in [2.45, 2.75) is 81.4 Å². The molecule has 1 aromatic carbocycles. The summed E-state index contributed by atoms with van der Waals surface area (Å²) in [5.74, 6) is -2.95. The topological polar surface area (TPSA) is 102 Å². The number of amides is 1. The normalized spacial score (nSPS) is 26.3. The van der Waals surface area contributed by atoms with Crippen molar-refractivity contribution in [3.05, 3.63) is 45.8 Å². The van der Waals surface area contributed by atoms with Crippen molar-refractivity contribution in [2.24, 2.45) is 11.8 Å². The zero-order chi connectivity index (χ0) is 28.9. The highest BCUT2D eigenvalue weighted by Gasteiger charge is 2.46. The van der Waals surface area contributed by atoms with Gasteiger partial charge in [-0.1, -0.05) is 12.1 Å². The zero-order valence-electron chi connectivity index (χ0n) is 22.5. The third-order valence-electron chi connectivity index (χ3n) is 8.18. The van der Waals surface area contributed by atoms with Crippen LogP contribution < -0.4 is 10.0 Å². The number of nitriles is 1. The molecule has 0 spiro atoms. The molecular formula is C28H33F3N4O3S2. The molecule has 3 aliphatic rings. The highest BCUT2D eigenvalue weighted by Crippen LogP contribution is 2.45. The van der Waals surface area contributed by atoms with Gasteiger partial charge in [0, 0.05) is 49.0 Å². The van der Waals surface area contributed by atoms with Crippen LogP contribution in [-0.2, 0) is 34.2 Å². The Bertz CT molecular complexity index is 1420. The number of anilines is 1. The van der Waals surface area contributed by atoms with Crippen LogP contribution in [-0.4, -0.2) is 49.9 Å². The van der Waals surface area contributed by atoms with Gasteiger partial charge < -0.3 is 5.32 Å². The molecule has 12 heteroatoms. The Hall–Kier alpha value is -2.46. The van der Waals surface area contributed by atoms with Gasteiger partial charge >= 0.3 is 0 Å². The fourth-order valence-electron chi connectivity index (χ4n) is 6.04. The number of nitrogens with zero attached hydrogens (tertiary/aromatic N) is 2. The van der Waals surface area contributed by atoms with Gasteiger partial charge in [-0.05, 0) is 62.6 Å². The summed E-state index contributed by atoms with van der Waals surface area (Å²) >= 11 is 1.38. The summed E-state index contributed by atoms with van der Waals surface area (Å²) in [6.45, 7) is 4.81. The average molecular weight is 595 g/mol. The predicted octanol–water partition coefficient (Wildman–Crippen LogP) is 5.01. The number of hydrogen-bond donors (Lipinski definition) is 2. The largest absolute Gasteiger partial charge is 0.316 e. The molecule has 1 unspecified atom stereocenters. The number of hydrogen-bond acceptors (Lipinski definition) is 6. The van der Waals surface area contributed by atoms with Crippen LogP contribution in [0.25, 0.3) is 0 Å². The number of carbonyl (C=O) groups excluding carboxylic acids is 1. The van der Waals surface area contributed by atoms with Gasteiger partial charge in [-0.3, -0.25) is 9.69 Å². The van der Waals surface area contributed by atoms with Crippen LogP contribution in [0.15, 0.2) is 29.2 Å². The van der Waals surface area contributed by atoms with Gasteiger partial charge in [0.2, 0.25) is 21.9 Å². The van der Waals surface area contributed by atoms with Crippen molar-refractivity contribution >= 4 is 32.3 Å². The zero-order valence-corrected chi connectivity index (χ0v) is 24.1. The monoisotopic (exact) mass is 594 g/mol. The fraction of sp³-hybridized carbons (Fsp3) is 0.571. The predicted molar refractivity (Wildman–Crippen MR) is 146 cm³/mol. The van der Waals surface area contributed by atoms with E-state index in [-0.39, 0.29) is 54.5 Å². The maximum absolute atomic E-state index is 13.6. The van der Waals surface area contributed by atoms with Crippen molar-refractivity contribution < 1.29 is 26.4 Å². The first-order valence-electron chi connectivity index (χ1n) is 13.5. The molecule has 5 rings (SSSR count). The van der Waals surface area contributed by atoms with Crippen molar-refractivity contribution in [2.75, 3.05) is 18.4 Å². The first-order valence-corrected chi connectivity index (χ1v) is 15.8. The van der Waals surface area contributed by atoms with Gasteiger partial charge in [0.05, 0.1) is 16.9 Å². The standard InChI is InChI=1S/C28H33F3N4O3S2/c1-17-7-24-23(16-35(17)15-20-11-28(30,31)12-20)22(13-32)26(39-24)34-25(36)8-18-3-5-21(6-4-18)40(37,38)33-14-19-9-27(2,29)10-19/h3-6,17,19-20,33H,7-12,14-16H2,1-2H3,(H,34,36). The van der Waals surface area contributed by atoms with Gasteiger partial charge in [0.15, 0.2) is 0 Å². The molecule has 1 aliphatic heterocycles. The molecule has 7 nitrogen and oxygen atoms in total. The van der Waals surface area contributed by atoms with Gasteiger partial charge in [-0.25, -0.2) is 26.3 Å². The Labute approximate surface area is 236 Å². The number of fused-ring (bicyclic) bond motifs is 1. The highest BCUT2D eigenvalue weighted by atomic mass is 32.2. The van der Waals surface area contributed by atoms with E-state index < -0.39 is 21.6 Å². The van der Waals surface area contributed by atoms with Gasteiger partial charge in [0.25, 0.3) is 0 Å². The number of thiophene rings is 1. The summed E-state index contributed by atoms with van der Waals surface area (Å²) in [5.41, 5.74) is 0.662. The number of rotatable bonds is 9. The van der Waals surface area contributed by atoms with E-state index in [0.717, 1.165) is 10.4 Å². The molecule has 1 aromatic heterocycles. The minimum atomic E-state index is -3.74. The Morgan fingerprint density at radius 2 is 1.82 bits per heavy atom. The molecule has 2 saturated carbocycles. The lowest BCUT2D eigenvalue weighted by Crippen LogP contribution is -2.46. The average Bonchev–Trinajstić information content (AvgIpc) is 3.16. The summed E-state index contributed by atoms with van der Waals surface area (Å²) in [7, 11) is -3.74. The van der Waals surface area contributed by atoms with Gasteiger partial charge in [-0.15, -0.1) is 11.3 Å². The molecule has 2 aliphatic carbocycles. The number of halogens is 3. The maximum atomic E-state index is 13.6. The first kappa shape index (κ1) is 29.0. The van der Waals surface area contributed by atoms with E-state index in [9.17, 15) is 31.6 Å². The van der Waals surface area contributed by atoms with Crippen molar-refractivity contribution in [1.82, 2.24) is 9.62 Å². The number of benzene rings is 1. The molecule has 2 aromatic rings. The molecule has 2 N–H and O–H groups in total. The Balaban J connectivity index is 1.18. The van der Waals surface area contributed by atoms with E-state index in [1.807, 2.05) is 0 Å². The Kier molecular flexibility index (Phi) is 7.80. The molecule has 40 heavy (non-hydrogen) atoms. The number of nitrogens with one attached hydrogen (secondary N) is 2. The molecule has 0 bridgehead atoms. The summed E-state index contributed by atoms with van der Waals surface area (Å²) in [6.07, 6.45) is 1.17. The van der Waals surface area contributed by atoms with Crippen LogP contribution in [0, 0.1) is 23.2 Å². The van der Waals surface area contributed by atoms with E-state index in [2.05, 4.69) is 27.9 Å². The van der Waals surface area contributed by atoms with Crippen LogP contribution in [0.4, 0.5) is 18.2 Å². The maximum Gasteiger partial charge on any atom is 0.248 e. The lowest BCUT2D eigenvalue weighted by Gasteiger charge is -2.41. The number of alkyl halides is 3. The smallest absolute Gasteiger partial charge is 0.248 e. The molecule has 2 fully saturated rings. The highest BCUT2D eigenvalue weighted by molar-refractivity contribution is 7.89. The van der Waals surface area contributed by atoms with Crippen molar-refractivity contribution in [3.8, 4) is 6.07 Å². The number of sulfonamides is 1. The number of carbonyl (C=O) groups is 1. The minimum absolute atomic E-state index is 0.00321. The van der Waals surface area contributed by atoms with Crippen LogP contribution in [0.5, 0.6) is 0 Å².